The van der Waals surface area contributed by atoms with Crippen LogP contribution in [0.4, 0.5) is 0 Å². The molecule has 0 radical (unpaired) electrons. The van der Waals surface area contributed by atoms with Crippen LogP contribution in [0.15, 0.2) is 29.4 Å². The Morgan fingerprint density at radius 1 is 1.22 bits per heavy atom. The predicted octanol–water partition coefficient (Wildman–Crippen LogP) is 2.80. The molecule has 124 valence electrons. The van der Waals surface area contributed by atoms with Crippen molar-refractivity contribution >= 4 is 17.5 Å². The summed E-state index contributed by atoms with van der Waals surface area (Å²) in [6.07, 6.45) is 0. The van der Waals surface area contributed by atoms with Gasteiger partial charge in [-0.2, -0.15) is 0 Å². The van der Waals surface area contributed by atoms with Crippen LogP contribution >= 0.6 is 11.8 Å². The normalized spacial score (nSPS) is 11.7. The second-order valence-electron chi connectivity index (χ2n) is 6.64. The first kappa shape index (κ1) is 17.7. The fraction of sp³-hybridized carbons (Fsp3) is 0.471. The van der Waals surface area contributed by atoms with E-state index >= 15 is 0 Å². The minimum atomic E-state index is -0.342. The van der Waals surface area contributed by atoms with Crippen LogP contribution in [0.3, 0.4) is 0 Å². The first-order valence-corrected chi connectivity index (χ1v) is 8.63. The van der Waals surface area contributed by atoms with Crippen LogP contribution in [-0.2, 0) is 17.9 Å². The van der Waals surface area contributed by atoms with E-state index < -0.39 is 0 Å². The van der Waals surface area contributed by atoms with Crippen LogP contribution in [0.1, 0.15) is 37.7 Å². The van der Waals surface area contributed by atoms with E-state index in [9.17, 15) is 4.79 Å². The van der Waals surface area contributed by atoms with Gasteiger partial charge in [0, 0.05) is 5.41 Å². The molecule has 1 aromatic carbocycles. The maximum atomic E-state index is 12.1. The van der Waals surface area contributed by atoms with Crippen LogP contribution < -0.4 is 5.73 Å². The number of rotatable bonds is 6. The lowest BCUT2D eigenvalue weighted by Gasteiger charge is -2.16. The van der Waals surface area contributed by atoms with Crippen molar-refractivity contribution in [2.45, 2.75) is 45.9 Å². The second kappa shape index (κ2) is 7.27. The number of aromatic nitrogens is 3. The number of hydrogen-bond donors (Lipinski definition) is 1. The van der Waals surface area contributed by atoms with Gasteiger partial charge in [0.25, 0.3) is 0 Å². The van der Waals surface area contributed by atoms with Gasteiger partial charge >= 0.3 is 0 Å². The first-order valence-electron chi connectivity index (χ1n) is 7.65. The predicted molar refractivity (Wildman–Crippen MR) is 93.4 cm³/mol. The van der Waals surface area contributed by atoms with Crippen molar-refractivity contribution < 1.29 is 4.79 Å². The van der Waals surface area contributed by atoms with Gasteiger partial charge in [-0.1, -0.05) is 62.4 Å². The average molecular weight is 332 g/mol. The zero-order valence-electron chi connectivity index (χ0n) is 14.2. The van der Waals surface area contributed by atoms with Gasteiger partial charge in [0.2, 0.25) is 0 Å². The lowest BCUT2D eigenvalue weighted by Crippen LogP contribution is -2.22. The summed E-state index contributed by atoms with van der Waals surface area (Å²) in [5.74, 6) is 1.32. The fourth-order valence-corrected chi connectivity index (χ4v) is 3.08. The third-order valence-corrected chi connectivity index (χ3v) is 4.57. The van der Waals surface area contributed by atoms with Crippen LogP contribution in [0.5, 0.6) is 0 Å². The van der Waals surface area contributed by atoms with Gasteiger partial charge in [-0.05, 0) is 12.5 Å². The number of aryl methyl sites for hydroxylation is 1. The molecule has 0 spiro atoms. The molecule has 5 nitrogen and oxygen atoms in total. The molecule has 0 atom stereocenters. The number of ketones is 1. The maximum absolute atomic E-state index is 12.1. The standard InChI is InChI=1S/C17H24N4OS/c1-12-5-7-13(8-6-12)10-21-15(9-18)19-20-16(21)23-11-14(22)17(2,3)4/h5-8H,9-11,18H2,1-4H3. The van der Waals surface area contributed by atoms with Crippen LogP contribution in [0.2, 0.25) is 0 Å². The third-order valence-electron chi connectivity index (χ3n) is 3.61. The molecule has 1 heterocycles. The lowest BCUT2D eigenvalue weighted by molar-refractivity contribution is -0.123. The monoisotopic (exact) mass is 332 g/mol. The summed E-state index contributed by atoms with van der Waals surface area (Å²) < 4.78 is 1.99. The highest BCUT2D eigenvalue weighted by Gasteiger charge is 2.22. The second-order valence-corrected chi connectivity index (χ2v) is 7.58. The van der Waals surface area contributed by atoms with Crippen molar-refractivity contribution in [3.63, 3.8) is 0 Å². The maximum Gasteiger partial charge on any atom is 0.191 e. The van der Waals surface area contributed by atoms with Gasteiger partial charge in [0.15, 0.2) is 5.16 Å². The molecular weight excluding hydrogens is 308 g/mol. The zero-order chi connectivity index (χ0) is 17.0. The fourth-order valence-electron chi connectivity index (χ4n) is 1.96. The largest absolute Gasteiger partial charge is 0.324 e. The van der Waals surface area contributed by atoms with Crippen molar-refractivity contribution in [1.29, 1.82) is 0 Å². The van der Waals surface area contributed by atoms with Crippen molar-refractivity contribution in [3.8, 4) is 0 Å². The quantitative estimate of drug-likeness (QED) is 0.823. The summed E-state index contributed by atoms with van der Waals surface area (Å²) in [7, 11) is 0. The summed E-state index contributed by atoms with van der Waals surface area (Å²) >= 11 is 1.42. The highest BCUT2D eigenvalue weighted by Crippen LogP contribution is 2.23. The summed E-state index contributed by atoms with van der Waals surface area (Å²) in [5.41, 5.74) is 7.81. The average Bonchev–Trinajstić information content (AvgIpc) is 2.88. The molecule has 0 fully saturated rings. The minimum Gasteiger partial charge on any atom is -0.324 e. The minimum absolute atomic E-state index is 0.196. The first-order chi connectivity index (χ1) is 10.8. The van der Waals surface area contributed by atoms with Crippen LogP contribution in [-0.4, -0.2) is 26.3 Å². The van der Waals surface area contributed by atoms with Crippen LogP contribution in [0, 0.1) is 12.3 Å². The van der Waals surface area contributed by atoms with E-state index in [1.807, 2.05) is 25.3 Å². The zero-order valence-corrected chi connectivity index (χ0v) is 15.0. The van der Waals surface area contributed by atoms with Gasteiger partial charge in [-0.15, -0.1) is 10.2 Å². The molecule has 0 aliphatic heterocycles. The topological polar surface area (TPSA) is 73.8 Å². The van der Waals surface area contributed by atoms with E-state index in [0.717, 1.165) is 16.5 Å². The molecule has 1 aromatic heterocycles. The number of Topliss-reactive ketones (excluding diaryl/α,β-unsaturated/α-hetero) is 1. The molecule has 2 N–H and O–H groups in total. The Morgan fingerprint density at radius 2 is 1.87 bits per heavy atom. The van der Waals surface area contributed by atoms with Gasteiger partial charge < -0.3 is 10.3 Å². The SMILES string of the molecule is Cc1ccc(Cn2c(CN)nnc2SCC(=O)C(C)(C)C)cc1. The van der Waals surface area contributed by atoms with Crippen molar-refractivity contribution in [3.05, 3.63) is 41.2 Å². The van der Waals surface area contributed by atoms with E-state index in [1.165, 1.54) is 17.3 Å². The van der Waals surface area contributed by atoms with E-state index in [0.29, 0.717) is 18.8 Å². The van der Waals surface area contributed by atoms with E-state index in [-0.39, 0.29) is 11.2 Å². The summed E-state index contributed by atoms with van der Waals surface area (Å²) in [6.45, 7) is 8.83. The van der Waals surface area contributed by atoms with E-state index in [1.54, 1.807) is 0 Å². The Bertz CT molecular complexity index is 671. The molecule has 0 saturated carbocycles. The highest BCUT2D eigenvalue weighted by atomic mass is 32.2. The number of benzene rings is 1. The molecule has 0 aliphatic carbocycles. The number of hydrogen-bond acceptors (Lipinski definition) is 5. The molecule has 0 unspecified atom stereocenters. The van der Waals surface area contributed by atoms with Gasteiger partial charge in [-0.3, -0.25) is 4.79 Å². The van der Waals surface area contributed by atoms with Crippen molar-refractivity contribution in [2.24, 2.45) is 11.1 Å². The van der Waals surface area contributed by atoms with Crippen LogP contribution in [0.25, 0.3) is 0 Å². The number of carbonyl (C=O) groups excluding carboxylic acids is 1. The molecule has 2 aromatic rings. The van der Waals surface area contributed by atoms with E-state index in [2.05, 4.69) is 41.4 Å². The van der Waals surface area contributed by atoms with Crippen molar-refractivity contribution in [2.75, 3.05) is 5.75 Å². The van der Waals surface area contributed by atoms with Gasteiger partial charge in [0.1, 0.15) is 11.6 Å². The molecule has 0 saturated heterocycles. The number of carbonyl (C=O) groups is 1. The molecule has 0 aliphatic rings. The Labute approximate surface area is 141 Å². The lowest BCUT2D eigenvalue weighted by atomic mass is 9.92. The summed E-state index contributed by atoms with van der Waals surface area (Å²) in [5, 5.41) is 9.08. The summed E-state index contributed by atoms with van der Waals surface area (Å²) in [6, 6.07) is 8.34. The Morgan fingerprint density at radius 3 is 2.43 bits per heavy atom. The Hall–Kier alpha value is -1.66. The molecule has 0 bridgehead atoms. The number of nitrogens with zero attached hydrogens (tertiary/aromatic N) is 3. The van der Waals surface area contributed by atoms with Gasteiger partial charge in [0.05, 0.1) is 18.8 Å². The number of thioether (sulfide) groups is 1. The number of nitrogens with two attached hydrogens (primary N) is 1. The smallest absolute Gasteiger partial charge is 0.191 e. The van der Waals surface area contributed by atoms with Gasteiger partial charge in [-0.25, -0.2) is 0 Å². The molecule has 0 amide bonds. The third kappa shape index (κ3) is 4.65. The Balaban J connectivity index is 2.16. The highest BCUT2D eigenvalue weighted by molar-refractivity contribution is 7.99. The molecular formula is C17H24N4OS. The molecule has 23 heavy (non-hydrogen) atoms. The molecule has 2 rings (SSSR count). The molecule has 6 heteroatoms. The van der Waals surface area contributed by atoms with Crippen molar-refractivity contribution in [1.82, 2.24) is 14.8 Å². The summed E-state index contributed by atoms with van der Waals surface area (Å²) in [4.78, 5) is 12.1. The van der Waals surface area contributed by atoms with E-state index in [4.69, 9.17) is 5.73 Å². The Kier molecular flexibility index (Phi) is 5.59.